The molecule has 0 saturated carbocycles. The molecule has 28 heavy (non-hydrogen) atoms. The summed E-state index contributed by atoms with van der Waals surface area (Å²) < 4.78 is 0. The topological polar surface area (TPSA) is 66.6 Å². The van der Waals surface area contributed by atoms with Crippen molar-refractivity contribution >= 4 is 29.3 Å². The van der Waals surface area contributed by atoms with E-state index >= 15 is 0 Å². The summed E-state index contributed by atoms with van der Waals surface area (Å²) in [6, 6.07) is 18.3. The lowest BCUT2D eigenvalue weighted by Gasteiger charge is -2.39. The molecule has 0 unspecified atom stereocenters. The van der Waals surface area contributed by atoms with Crippen LogP contribution in [-0.2, 0) is 9.59 Å². The van der Waals surface area contributed by atoms with E-state index in [0.717, 1.165) is 41.3 Å². The van der Waals surface area contributed by atoms with Crippen molar-refractivity contribution in [3.8, 4) is 0 Å². The normalized spacial score (nSPS) is 22.5. The van der Waals surface area contributed by atoms with E-state index in [9.17, 15) is 9.59 Å². The van der Waals surface area contributed by atoms with Gasteiger partial charge in [-0.3, -0.25) is 14.5 Å². The molecule has 2 atom stereocenters. The molecule has 0 aliphatic carbocycles. The molecule has 1 saturated heterocycles. The van der Waals surface area contributed by atoms with Gasteiger partial charge in [-0.2, -0.15) is 0 Å². The van der Waals surface area contributed by atoms with Gasteiger partial charge in [-0.05, 0) is 37.1 Å². The maximum Gasteiger partial charge on any atom is 0.241 e. The number of piperidine rings is 1. The van der Waals surface area contributed by atoms with Crippen molar-refractivity contribution in [1.29, 1.82) is 0 Å². The molecule has 0 radical (unpaired) electrons. The van der Waals surface area contributed by atoms with E-state index in [1.165, 1.54) is 0 Å². The minimum atomic E-state index is -0.265. The molecule has 4 rings (SSSR count). The number of likely N-dealkylation sites (tertiary alicyclic amines) is 1. The SMILES string of the molecule is NC(=O)[C@H]1CCCN(CC(=O)N2c3ccccc3SC[C@@H]2c2ccccc2)C1. The van der Waals surface area contributed by atoms with Crippen molar-refractivity contribution in [1.82, 2.24) is 4.90 Å². The molecule has 146 valence electrons. The zero-order valence-electron chi connectivity index (χ0n) is 15.8. The van der Waals surface area contributed by atoms with Crippen molar-refractivity contribution < 1.29 is 9.59 Å². The number of amides is 2. The van der Waals surface area contributed by atoms with Gasteiger partial charge >= 0.3 is 0 Å². The van der Waals surface area contributed by atoms with Crippen molar-refractivity contribution in [2.75, 3.05) is 30.3 Å². The predicted molar refractivity (Wildman–Crippen MR) is 112 cm³/mol. The van der Waals surface area contributed by atoms with Gasteiger partial charge in [0.1, 0.15) is 0 Å². The van der Waals surface area contributed by atoms with Crippen LogP contribution in [0, 0.1) is 5.92 Å². The van der Waals surface area contributed by atoms with Gasteiger partial charge in [0.25, 0.3) is 0 Å². The first-order chi connectivity index (χ1) is 13.6. The Morgan fingerprint density at radius 2 is 1.82 bits per heavy atom. The maximum atomic E-state index is 13.4. The lowest BCUT2D eigenvalue weighted by molar-refractivity contribution is -0.126. The van der Waals surface area contributed by atoms with E-state index in [-0.39, 0.29) is 23.8 Å². The average molecular weight is 396 g/mol. The van der Waals surface area contributed by atoms with E-state index in [2.05, 4.69) is 23.1 Å². The van der Waals surface area contributed by atoms with Crippen LogP contribution in [0.25, 0.3) is 0 Å². The predicted octanol–water partition coefficient (Wildman–Crippen LogP) is 3.06. The van der Waals surface area contributed by atoms with E-state index in [1.54, 1.807) is 11.8 Å². The third-order valence-electron chi connectivity index (χ3n) is 5.55. The fraction of sp³-hybridized carbons (Fsp3) is 0.364. The van der Waals surface area contributed by atoms with Gasteiger partial charge < -0.3 is 10.6 Å². The van der Waals surface area contributed by atoms with Gasteiger partial charge in [0.2, 0.25) is 11.8 Å². The summed E-state index contributed by atoms with van der Waals surface area (Å²) in [4.78, 5) is 30.2. The van der Waals surface area contributed by atoms with Gasteiger partial charge in [-0.15, -0.1) is 11.8 Å². The highest BCUT2D eigenvalue weighted by Gasteiger charge is 2.34. The van der Waals surface area contributed by atoms with Crippen LogP contribution in [0.5, 0.6) is 0 Å². The van der Waals surface area contributed by atoms with Crippen molar-refractivity contribution in [2.45, 2.75) is 23.8 Å². The van der Waals surface area contributed by atoms with Crippen LogP contribution >= 0.6 is 11.8 Å². The number of anilines is 1. The Labute approximate surface area is 169 Å². The first-order valence-corrected chi connectivity index (χ1v) is 10.7. The Balaban J connectivity index is 1.60. The largest absolute Gasteiger partial charge is 0.369 e. The number of rotatable bonds is 4. The summed E-state index contributed by atoms with van der Waals surface area (Å²) in [5.41, 5.74) is 7.62. The summed E-state index contributed by atoms with van der Waals surface area (Å²) in [5.74, 6) is 0.484. The first kappa shape index (κ1) is 19.0. The van der Waals surface area contributed by atoms with E-state index < -0.39 is 0 Å². The Morgan fingerprint density at radius 3 is 2.61 bits per heavy atom. The highest BCUT2D eigenvalue weighted by molar-refractivity contribution is 7.99. The Bertz CT molecular complexity index is 858. The molecule has 5 nitrogen and oxygen atoms in total. The third-order valence-corrected chi connectivity index (χ3v) is 6.69. The highest BCUT2D eigenvalue weighted by atomic mass is 32.2. The van der Waals surface area contributed by atoms with E-state index in [4.69, 9.17) is 5.73 Å². The second-order valence-corrected chi connectivity index (χ2v) is 8.51. The second-order valence-electron chi connectivity index (χ2n) is 7.45. The Hall–Kier alpha value is -2.31. The molecule has 2 heterocycles. The van der Waals surface area contributed by atoms with Crippen LogP contribution in [0.3, 0.4) is 0 Å². The average Bonchev–Trinajstić information content (AvgIpc) is 2.73. The quantitative estimate of drug-likeness (QED) is 0.864. The van der Waals surface area contributed by atoms with Crippen molar-refractivity contribution in [3.63, 3.8) is 0 Å². The zero-order chi connectivity index (χ0) is 19.5. The van der Waals surface area contributed by atoms with Gasteiger partial charge in [0, 0.05) is 17.2 Å². The molecule has 2 aromatic carbocycles. The lowest BCUT2D eigenvalue weighted by Crippen LogP contribution is -2.48. The minimum Gasteiger partial charge on any atom is -0.369 e. The molecule has 2 aliphatic heterocycles. The molecule has 0 aromatic heterocycles. The maximum absolute atomic E-state index is 13.4. The molecule has 6 heteroatoms. The number of hydrogen-bond acceptors (Lipinski definition) is 4. The van der Waals surface area contributed by atoms with Gasteiger partial charge in [-0.1, -0.05) is 42.5 Å². The number of nitrogens with two attached hydrogens (primary N) is 1. The molecule has 0 bridgehead atoms. The number of para-hydroxylation sites is 1. The minimum absolute atomic E-state index is 0.00493. The molecule has 1 fully saturated rings. The molecule has 2 amide bonds. The number of benzene rings is 2. The molecule has 0 spiro atoms. The number of thioether (sulfide) groups is 1. The number of carbonyl (C=O) groups excluding carboxylic acids is 2. The van der Waals surface area contributed by atoms with Crippen LogP contribution in [0.1, 0.15) is 24.4 Å². The third kappa shape index (κ3) is 3.93. The standard InChI is InChI=1S/C22H25N3O2S/c23-22(27)17-9-6-12-24(13-17)14-21(26)25-18-10-4-5-11-20(18)28-15-19(25)16-7-2-1-3-8-16/h1-5,7-8,10-11,17,19H,6,9,12-15H2,(H2,23,27)/t17-,19+/m0/s1. The fourth-order valence-electron chi connectivity index (χ4n) is 4.12. The van der Waals surface area contributed by atoms with Crippen LogP contribution < -0.4 is 10.6 Å². The lowest BCUT2D eigenvalue weighted by atomic mass is 9.97. The molecule has 2 aliphatic rings. The van der Waals surface area contributed by atoms with E-state index in [1.807, 2.05) is 41.3 Å². The smallest absolute Gasteiger partial charge is 0.241 e. The monoisotopic (exact) mass is 395 g/mol. The number of carbonyl (C=O) groups is 2. The molecule has 2 aromatic rings. The Kier molecular flexibility index (Phi) is 5.69. The number of fused-ring (bicyclic) bond motifs is 1. The summed E-state index contributed by atoms with van der Waals surface area (Å²) in [6.45, 7) is 1.71. The van der Waals surface area contributed by atoms with Crippen molar-refractivity contribution in [2.24, 2.45) is 11.7 Å². The first-order valence-electron chi connectivity index (χ1n) is 9.74. The van der Waals surface area contributed by atoms with Crippen molar-refractivity contribution in [3.05, 3.63) is 60.2 Å². The van der Waals surface area contributed by atoms with E-state index in [0.29, 0.717) is 13.1 Å². The second kappa shape index (κ2) is 8.37. The molecular weight excluding hydrogens is 370 g/mol. The zero-order valence-corrected chi connectivity index (χ0v) is 16.6. The number of nitrogens with zero attached hydrogens (tertiary/aromatic N) is 2. The Morgan fingerprint density at radius 1 is 1.07 bits per heavy atom. The summed E-state index contributed by atoms with van der Waals surface area (Å²) in [5, 5.41) is 0. The number of hydrogen-bond donors (Lipinski definition) is 1. The van der Waals surface area contributed by atoms with Crippen LogP contribution in [0.15, 0.2) is 59.5 Å². The summed E-state index contributed by atoms with van der Waals surface area (Å²) >= 11 is 1.79. The number of primary amides is 1. The summed E-state index contributed by atoms with van der Waals surface area (Å²) in [7, 11) is 0. The molecular formula is C22H25N3O2S. The highest BCUT2D eigenvalue weighted by Crippen LogP contribution is 2.43. The molecule has 2 N–H and O–H groups in total. The van der Waals surface area contributed by atoms with Crippen LogP contribution in [0.4, 0.5) is 5.69 Å². The van der Waals surface area contributed by atoms with Crippen LogP contribution in [-0.4, -0.2) is 42.1 Å². The van der Waals surface area contributed by atoms with Gasteiger partial charge in [0.15, 0.2) is 0 Å². The summed E-state index contributed by atoms with van der Waals surface area (Å²) in [6.07, 6.45) is 1.71. The van der Waals surface area contributed by atoms with Crippen LogP contribution in [0.2, 0.25) is 0 Å². The van der Waals surface area contributed by atoms with Gasteiger partial charge in [0.05, 0.1) is 24.2 Å². The fourth-order valence-corrected chi connectivity index (χ4v) is 5.28. The van der Waals surface area contributed by atoms with Gasteiger partial charge in [-0.25, -0.2) is 0 Å².